The van der Waals surface area contributed by atoms with Crippen LogP contribution in [-0.4, -0.2) is 46.8 Å². The van der Waals surface area contributed by atoms with Crippen LogP contribution in [0.1, 0.15) is 17.8 Å². The number of hydrogen-bond donors (Lipinski definition) is 3. The minimum Gasteiger partial charge on any atom is -0.479 e. The van der Waals surface area contributed by atoms with Gasteiger partial charge in [0, 0.05) is 11.9 Å². The zero-order valence-corrected chi connectivity index (χ0v) is 11.0. The Balaban J connectivity index is 2.49. The summed E-state index contributed by atoms with van der Waals surface area (Å²) in [7, 11) is 1.62. The van der Waals surface area contributed by atoms with Gasteiger partial charge in [0.15, 0.2) is 6.10 Å². The summed E-state index contributed by atoms with van der Waals surface area (Å²) in [5.41, 5.74) is 0. The van der Waals surface area contributed by atoms with Crippen LogP contribution in [0.2, 0.25) is 0 Å². The van der Waals surface area contributed by atoms with Crippen molar-refractivity contribution in [3.63, 3.8) is 0 Å². The molecule has 0 aliphatic heterocycles. The first-order valence-corrected chi connectivity index (χ1v) is 6.26. The Labute approximate surface area is 109 Å². The van der Waals surface area contributed by atoms with Crippen molar-refractivity contribution in [3.05, 3.63) is 22.4 Å². The summed E-state index contributed by atoms with van der Waals surface area (Å²) in [6.07, 6.45) is -1.58. The number of thiophene rings is 1. The summed E-state index contributed by atoms with van der Waals surface area (Å²) in [6.45, 7) is 1.56. The lowest BCUT2D eigenvalue weighted by Gasteiger charge is -2.24. The standard InChI is InChI=1S/C11H16N2O4S/c1-7(9-4-3-5-18-9)13(2)11(17)12-6-8(14)10(15)16/h3-5,7-8,14H,6H2,1-2H3,(H,12,17)(H,15,16). The van der Waals surface area contributed by atoms with Crippen LogP contribution in [0.5, 0.6) is 0 Å². The van der Waals surface area contributed by atoms with E-state index in [2.05, 4.69) is 5.32 Å². The average molecular weight is 272 g/mol. The van der Waals surface area contributed by atoms with Crippen molar-refractivity contribution in [1.82, 2.24) is 10.2 Å². The zero-order chi connectivity index (χ0) is 13.7. The number of nitrogens with one attached hydrogen (secondary N) is 1. The molecule has 0 fully saturated rings. The minimum absolute atomic E-state index is 0.105. The molecule has 0 spiro atoms. The molecule has 6 nitrogen and oxygen atoms in total. The van der Waals surface area contributed by atoms with Gasteiger partial charge < -0.3 is 20.4 Å². The molecule has 0 saturated carbocycles. The van der Waals surface area contributed by atoms with Crippen LogP contribution in [0.25, 0.3) is 0 Å². The van der Waals surface area contributed by atoms with Gasteiger partial charge in [-0.3, -0.25) is 0 Å². The molecule has 0 radical (unpaired) electrons. The van der Waals surface area contributed by atoms with Crippen molar-refractivity contribution in [2.45, 2.75) is 19.1 Å². The summed E-state index contributed by atoms with van der Waals surface area (Å²) < 4.78 is 0. The second kappa shape index (κ2) is 6.36. The van der Waals surface area contributed by atoms with E-state index >= 15 is 0 Å². The van der Waals surface area contributed by atoms with Gasteiger partial charge in [-0.1, -0.05) is 6.07 Å². The third kappa shape index (κ3) is 3.71. The third-order valence-corrected chi connectivity index (χ3v) is 3.63. The van der Waals surface area contributed by atoms with Crippen LogP contribution >= 0.6 is 11.3 Å². The first-order chi connectivity index (χ1) is 8.43. The Morgan fingerprint density at radius 2 is 2.22 bits per heavy atom. The highest BCUT2D eigenvalue weighted by atomic mass is 32.1. The van der Waals surface area contributed by atoms with Gasteiger partial charge >= 0.3 is 12.0 Å². The van der Waals surface area contributed by atoms with E-state index in [9.17, 15) is 9.59 Å². The molecule has 3 N–H and O–H groups in total. The van der Waals surface area contributed by atoms with Gasteiger partial charge in [0.2, 0.25) is 0 Å². The summed E-state index contributed by atoms with van der Waals surface area (Å²) in [4.78, 5) is 24.6. The highest BCUT2D eigenvalue weighted by Crippen LogP contribution is 2.23. The third-order valence-electron chi connectivity index (χ3n) is 2.59. The van der Waals surface area contributed by atoms with Gasteiger partial charge in [-0.05, 0) is 18.4 Å². The summed E-state index contributed by atoms with van der Waals surface area (Å²) in [5, 5.41) is 21.8. The van der Waals surface area contributed by atoms with Crippen LogP contribution in [-0.2, 0) is 4.79 Å². The Kier molecular flexibility index (Phi) is 5.11. The molecule has 0 aliphatic rings. The van der Waals surface area contributed by atoms with Gasteiger partial charge in [-0.25, -0.2) is 9.59 Å². The molecule has 100 valence electrons. The Morgan fingerprint density at radius 3 is 2.72 bits per heavy atom. The number of carboxylic acid groups (broad SMARTS) is 1. The molecule has 0 bridgehead atoms. The van der Waals surface area contributed by atoms with Crippen molar-refractivity contribution >= 4 is 23.3 Å². The number of aliphatic carboxylic acids is 1. The molecule has 7 heteroatoms. The highest BCUT2D eigenvalue weighted by Gasteiger charge is 2.20. The smallest absolute Gasteiger partial charge is 0.334 e. The number of carboxylic acids is 1. The number of hydrogen-bond acceptors (Lipinski definition) is 4. The summed E-state index contributed by atoms with van der Waals surface area (Å²) in [6, 6.07) is 3.30. The fourth-order valence-corrected chi connectivity index (χ4v) is 2.12. The van der Waals surface area contributed by atoms with Crippen molar-refractivity contribution in [2.24, 2.45) is 0 Å². The largest absolute Gasteiger partial charge is 0.479 e. The van der Waals surface area contributed by atoms with Gasteiger partial charge in [-0.15, -0.1) is 11.3 Å². The van der Waals surface area contributed by atoms with Gasteiger partial charge in [0.25, 0.3) is 0 Å². The van der Waals surface area contributed by atoms with Crippen LogP contribution in [0.15, 0.2) is 17.5 Å². The van der Waals surface area contributed by atoms with E-state index < -0.39 is 18.1 Å². The van der Waals surface area contributed by atoms with E-state index in [0.717, 1.165) is 4.88 Å². The maximum atomic E-state index is 11.7. The van der Waals surface area contributed by atoms with E-state index in [-0.39, 0.29) is 12.6 Å². The molecule has 2 unspecified atom stereocenters. The number of aliphatic hydroxyl groups is 1. The average Bonchev–Trinajstić information content (AvgIpc) is 2.87. The molecule has 1 aromatic rings. The van der Waals surface area contributed by atoms with E-state index in [1.807, 2.05) is 24.4 Å². The predicted octanol–water partition coefficient (Wildman–Crippen LogP) is 0.896. The van der Waals surface area contributed by atoms with Crippen molar-refractivity contribution in [3.8, 4) is 0 Å². The van der Waals surface area contributed by atoms with Crippen molar-refractivity contribution in [1.29, 1.82) is 0 Å². The number of nitrogens with zero attached hydrogens (tertiary/aromatic N) is 1. The molecule has 18 heavy (non-hydrogen) atoms. The minimum atomic E-state index is -1.58. The van der Waals surface area contributed by atoms with E-state index in [0.29, 0.717) is 0 Å². The second-order valence-electron chi connectivity index (χ2n) is 3.84. The Hall–Kier alpha value is -1.60. The summed E-state index contributed by atoms with van der Waals surface area (Å²) >= 11 is 1.54. The molecule has 2 amide bonds. The number of rotatable bonds is 5. The Morgan fingerprint density at radius 1 is 1.56 bits per heavy atom. The fourth-order valence-electron chi connectivity index (χ4n) is 1.29. The van der Waals surface area contributed by atoms with E-state index in [1.54, 1.807) is 18.4 Å². The van der Waals surface area contributed by atoms with E-state index in [4.69, 9.17) is 10.2 Å². The van der Waals surface area contributed by atoms with Gasteiger partial charge in [-0.2, -0.15) is 0 Å². The van der Waals surface area contributed by atoms with Crippen LogP contribution < -0.4 is 5.32 Å². The first kappa shape index (κ1) is 14.5. The molecule has 0 aromatic carbocycles. The van der Waals surface area contributed by atoms with Crippen molar-refractivity contribution in [2.75, 3.05) is 13.6 Å². The number of carbonyl (C=O) groups excluding carboxylic acids is 1. The van der Waals surface area contributed by atoms with Crippen LogP contribution in [0.3, 0.4) is 0 Å². The lowest BCUT2D eigenvalue weighted by atomic mass is 10.2. The molecule has 1 rings (SSSR count). The number of amides is 2. The van der Waals surface area contributed by atoms with E-state index in [1.165, 1.54) is 4.90 Å². The quantitative estimate of drug-likeness (QED) is 0.742. The molecule has 0 saturated heterocycles. The van der Waals surface area contributed by atoms with Gasteiger partial charge in [0.1, 0.15) is 0 Å². The number of carbonyl (C=O) groups is 2. The lowest BCUT2D eigenvalue weighted by Crippen LogP contribution is -2.43. The first-order valence-electron chi connectivity index (χ1n) is 5.38. The maximum absolute atomic E-state index is 11.7. The SMILES string of the molecule is CC(c1cccs1)N(C)C(=O)NCC(O)C(=O)O. The zero-order valence-electron chi connectivity index (χ0n) is 10.2. The molecule has 1 aromatic heterocycles. The topological polar surface area (TPSA) is 89.9 Å². The monoisotopic (exact) mass is 272 g/mol. The predicted molar refractivity (Wildman–Crippen MR) is 67.5 cm³/mol. The molecular formula is C11H16N2O4S. The fraction of sp³-hybridized carbons (Fsp3) is 0.455. The molecule has 2 atom stereocenters. The molecule has 0 aliphatic carbocycles. The maximum Gasteiger partial charge on any atom is 0.334 e. The van der Waals surface area contributed by atoms with Crippen LogP contribution in [0, 0.1) is 0 Å². The molecule has 1 heterocycles. The second-order valence-corrected chi connectivity index (χ2v) is 4.82. The van der Waals surface area contributed by atoms with Crippen molar-refractivity contribution < 1.29 is 19.8 Å². The highest BCUT2D eigenvalue weighted by molar-refractivity contribution is 7.10. The summed E-state index contributed by atoms with van der Waals surface area (Å²) in [5.74, 6) is -1.36. The molecular weight excluding hydrogens is 256 g/mol. The lowest BCUT2D eigenvalue weighted by molar-refractivity contribution is -0.146. The normalized spacial score (nSPS) is 13.7. The number of aliphatic hydroxyl groups excluding tert-OH is 1. The Bertz CT molecular complexity index is 407. The van der Waals surface area contributed by atoms with Crippen LogP contribution in [0.4, 0.5) is 4.79 Å². The number of urea groups is 1. The van der Waals surface area contributed by atoms with Gasteiger partial charge in [0.05, 0.1) is 12.6 Å².